The first-order chi connectivity index (χ1) is 10.4. The standard InChI is InChI=1S/C15H20F2N4O/c1-4-7-18-15(20-10-14(22)21(2)3)19-9-11-8-12(16)5-6-13(11)17/h4-6,8H,1,7,9-10H2,2-3H3,(H2,18,19,20). The molecule has 0 saturated carbocycles. The van der Waals surface area contributed by atoms with E-state index in [2.05, 4.69) is 22.2 Å². The molecule has 0 aliphatic heterocycles. The number of aliphatic imine (C=N–C) groups is 1. The number of benzene rings is 1. The number of guanidine groups is 1. The van der Waals surface area contributed by atoms with Crippen LogP contribution in [0.5, 0.6) is 0 Å². The van der Waals surface area contributed by atoms with Crippen LogP contribution in [0.2, 0.25) is 0 Å². The molecule has 0 spiro atoms. The van der Waals surface area contributed by atoms with Gasteiger partial charge in [-0.3, -0.25) is 4.79 Å². The van der Waals surface area contributed by atoms with E-state index in [0.717, 1.165) is 18.2 Å². The van der Waals surface area contributed by atoms with Gasteiger partial charge in [0.15, 0.2) is 5.96 Å². The van der Waals surface area contributed by atoms with Gasteiger partial charge < -0.3 is 15.5 Å². The Hall–Kier alpha value is -2.44. The maximum absolute atomic E-state index is 13.5. The average Bonchev–Trinajstić information content (AvgIpc) is 2.49. The molecule has 7 heteroatoms. The quantitative estimate of drug-likeness (QED) is 0.473. The lowest BCUT2D eigenvalue weighted by Gasteiger charge is -2.14. The van der Waals surface area contributed by atoms with Crippen molar-refractivity contribution >= 4 is 11.9 Å². The van der Waals surface area contributed by atoms with Gasteiger partial charge in [0.1, 0.15) is 11.6 Å². The van der Waals surface area contributed by atoms with Crippen LogP contribution in [0.25, 0.3) is 0 Å². The number of halogens is 2. The van der Waals surface area contributed by atoms with E-state index < -0.39 is 11.6 Å². The first-order valence-corrected chi connectivity index (χ1v) is 6.71. The van der Waals surface area contributed by atoms with Gasteiger partial charge in [0.05, 0.1) is 13.1 Å². The molecule has 0 heterocycles. The lowest BCUT2D eigenvalue weighted by atomic mass is 10.2. The predicted octanol–water partition coefficient (Wildman–Crippen LogP) is 1.27. The second-order valence-corrected chi connectivity index (χ2v) is 4.71. The highest BCUT2D eigenvalue weighted by atomic mass is 19.1. The van der Waals surface area contributed by atoms with Gasteiger partial charge in [0, 0.05) is 26.2 Å². The molecule has 0 fully saturated rings. The number of rotatable bonds is 6. The van der Waals surface area contributed by atoms with E-state index in [1.54, 1.807) is 20.2 Å². The summed E-state index contributed by atoms with van der Waals surface area (Å²) in [6.45, 7) is 3.99. The van der Waals surface area contributed by atoms with Crippen molar-refractivity contribution in [2.75, 3.05) is 27.2 Å². The Bertz CT molecular complexity index is 558. The van der Waals surface area contributed by atoms with Crippen LogP contribution in [-0.2, 0) is 11.3 Å². The Morgan fingerprint density at radius 1 is 1.36 bits per heavy atom. The Labute approximate surface area is 128 Å². The fourth-order valence-corrected chi connectivity index (χ4v) is 1.49. The Morgan fingerprint density at radius 2 is 2.09 bits per heavy atom. The Morgan fingerprint density at radius 3 is 2.73 bits per heavy atom. The molecule has 5 nitrogen and oxygen atoms in total. The van der Waals surface area contributed by atoms with Gasteiger partial charge in [-0.2, -0.15) is 0 Å². The number of carbonyl (C=O) groups is 1. The molecule has 0 bridgehead atoms. The molecular weight excluding hydrogens is 290 g/mol. The summed E-state index contributed by atoms with van der Waals surface area (Å²) < 4.78 is 26.6. The van der Waals surface area contributed by atoms with Crippen molar-refractivity contribution in [2.24, 2.45) is 4.99 Å². The Balaban J connectivity index is 2.75. The summed E-state index contributed by atoms with van der Waals surface area (Å²) in [6.07, 6.45) is 1.62. The summed E-state index contributed by atoms with van der Waals surface area (Å²) >= 11 is 0. The fourth-order valence-electron chi connectivity index (χ4n) is 1.49. The van der Waals surface area contributed by atoms with Crippen molar-refractivity contribution < 1.29 is 13.6 Å². The monoisotopic (exact) mass is 310 g/mol. The molecule has 0 aliphatic rings. The van der Waals surface area contributed by atoms with Crippen LogP contribution < -0.4 is 10.6 Å². The second kappa shape index (κ2) is 8.76. The molecule has 0 aromatic heterocycles. The summed E-state index contributed by atoms with van der Waals surface area (Å²) in [5, 5.41) is 5.73. The minimum Gasteiger partial charge on any atom is -0.353 e. The molecule has 0 saturated heterocycles. The normalized spacial score (nSPS) is 11.0. The highest BCUT2D eigenvalue weighted by Gasteiger charge is 2.07. The minimum absolute atomic E-state index is 0.0433. The van der Waals surface area contributed by atoms with Crippen LogP contribution in [-0.4, -0.2) is 44.0 Å². The van der Waals surface area contributed by atoms with Crippen molar-refractivity contribution in [3.05, 3.63) is 48.1 Å². The third-order valence-electron chi connectivity index (χ3n) is 2.73. The van der Waals surface area contributed by atoms with Crippen LogP contribution in [0, 0.1) is 11.6 Å². The number of likely N-dealkylation sites (N-methyl/N-ethyl adjacent to an activating group) is 1. The van der Waals surface area contributed by atoms with Crippen molar-refractivity contribution in [1.82, 2.24) is 15.5 Å². The van der Waals surface area contributed by atoms with E-state index in [-0.39, 0.29) is 24.6 Å². The van der Waals surface area contributed by atoms with Crippen molar-refractivity contribution in [1.29, 1.82) is 0 Å². The summed E-state index contributed by atoms with van der Waals surface area (Å²) in [5.74, 6) is -0.871. The largest absolute Gasteiger partial charge is 0.353 e. The van der Waals surface area contributed by atoms with Gasteiger partial charge >= 0.3 is 0 Å². The van der Waals surface area contributed by atoms with E-state index in [1.807, 2.05) is 0 Å². The molecule has 0 unspecified atom stereocenters. The average molecular weight is 310 g/mol. The van der Waals surface area contributed by atoms with E-state index >= 15 is 0 Å². The highest BCUT2D eigenvalue weighted by molar-refractivity contribution is 5.86. The molecule has 1 amide bonds. The zero-order chi connectivity index (χ0) is 16.5. The predicted molar refractivity (Wildman–Crippen MR) is 82.4 cm³/mol. The third kappa shape index (κ3) is 5.90. The van der Waals surface area contributed by atoms with Gasteiger partial charge in [0.25, 0.3) is 0 Å². The summed E-state index contributed by atoms with van der Waals surface area (Å²) in [4.78, 5) is 17.1. The molecule has 1 rings (SSSR count). The first kappa shape index (κ1) is 17.6. The zero-order valence-electron chi connectivity index (χ0n) is 12.7. The molecule has 2 N–H and O–H groups in total. The van der Waals surface area contributed by atoms with E-state index in [0.29, 0.717) is 12.5 Å². The molecule has 120 valence electrons. The van der Waals surface area contributed by atoms with Crippen LogP contribution in [0.1, 0.15) is 5.56 Å². The van der Waals surface area contributed by atoms with Gasteiger partial charge in [-0.05, 0) is 18.2 Å². The molecule has 1 aromatic carbocycles. The van der Waals surface area contributed by atoms with Crippen molar-refractivity contribution in [2.45, 2.75) is 6.54 Å². The molecule has 1 aromatic rings. The number of nitrogens with zero attached hydrogens (tertiary/aromatic N) is 2. The third-order valence-corrected chi connectivity index (χ3v) is 2.73. The van der Waals surface area contributed by atoms with Crippen molar-refractivity contribution in [3.63, 3.8) is 0 Å². The number of nitrogens with one attached hydrogen (secondary N) is 2. The molecule has 22 heavy (non-hydrogen) atoms. The minimum atomic E-state index is -0.530. The summed E-state index contributed by atoms with van der Waals surface area (Å²) in [6, 6.07) is 3.20. The number of hydrogen-bond donors (Lipinski definition) is 2. The zero-order valence-corrected chi connectivity index (χ0v) is 12.7. The first-order valence-electron chi connectivity index (χ1n) is 6.71. The van der Waals surface area contributed by atoms with Crippen LogP contribution in [0.3, 0.4) is 0 Å². The van der Waals surface area contributed by atoms with Crippen LogP contribution >= 0.6 is 0 Å². The van der Waals surface area contributed by atoms with E-state index in [4.69, 9.17) is 0 Å². The van der Waals surface area contributed by atoms with Crippen LogP contribution in [0.15, 0.2) is 35.8 Å². The number of carbonyl (C=O) groups excluding carboxylic acids is 1. The van der Waals surface area contributed by atoms with Gasteiger partial charge in [0.2, 0.25) is 5.91 Å². The second-order valence-electron chi connectivity index (χ2n) is 4.71. The summed E-state index contributed by atoms with van der Waals surface area (Å²) in [5.41, 5.74) is 0.138. The van der Waals surface area contributed by atoms with Gasteiger partial charge in [-0.25, -0.2) is 13.8 Å². The Kier molecular flexibility index (Phi) is 7.01. The maximum Gasteiger partial charge on any atom is 0.241 e. The molecule has 0 atom stereocenters. The number of amides is 1. The van der Waals surface area contributed by atoms with E-state index in [9.17, 15) is 13.6 Å². The van der Waals surface area contributed by atoms with Gasteiger partial charge in [-0.15, -0.1) is 6.58 Å². The van der Waals surface area contributed by atoms with Crippen LogP contribution in [0.4, 0.5) is 8.78 Å². The molecule has 0 radical (unpaired) electrons. The van der Waals surface area contributed by atoms with Gasteiger partial charge in [-0.1, -0.05) is 6.08 Å². The smallest absolute Gasteiger partial charge is 0.241 e. The lowest BCUT2D eigenvalue weighted by molar-refractivity contribution is -0.127. The maximum atomic E-state index is 13.5. The van der Waals surface area contributed by atoms with E-state index in [1.165, 1.54) is 4.90 Å². The fraction of sp³-hybridized carbons (Fsp3) is 0.333. The topological polar surface area (TPSA) is 56.7 Å². The highest BCUT2D eigenvalue weighted by Crippen LogP contribution is 2.10. The SMILES string of the molecule is C=CCNC(=NCc1cc(F)ccc1F)NCC(=O)N(C)C. The lowest BCUT2D eigenvalue weighted by Crippen LogP contribution is -2.43. The summed E-state index contributed by atoms with van der Waals surface area (Å²) in [7, 11) is 3.28. The molecular formula is C15H20F2N4O. The molecule has 0 aliphatic carbocycles. The number of hydrogen-bond acceptors (Lipinski definition) is 2. The van der Waals surface area contributed by atoms with Crippen molar-refractivity contribution in [3.8, 4) is 0 Å².